The van der Waals surface area contributed by atoms with Gasteiger partial charge in [0.15, 0.2) is 0 Å². The van der Waals surface area contributed by atoms with Crippen LogP contribution in [-0.4, -0.2) is 40.5 Å². The second-order valence-electron chi connectivity index (χ2n) is 4.83. The van der Waals surface area contributed by atoms with Gasteiger partial charge in [0.25, 0.3) is 0 Å². The Morgan fingerprint density at radius 2 is 2.10 bits per heavy atom. The lowest BCUT2D eigenvalue weighted by Crippen LogP contribution is -2.23. The van der Waals surface area contributed by atoms with E-state index in [2.05, 4.69) is 10.6 Å². The van der Waals surface area contributed by atoms with E-state index in [4.69, 9.17) is 0 Å². The fraction of sp³-hybridized carbons (Fsp3) is 0.571. The molecule has 1 atom stereocenters. The van der Waals surface area contributed by atoms with Gasteiger partial charge in [-0.05, 0) is 18.6 Å². The van der Waals surface area contributed by atoms with Crippen LogP contribution in [0.2, 0.25) is 0 Å². The second-order valence-corrected chi connectivity index (χ2v) is 7.39. The molecule has 0 aliphatic carbocycles. The summed E-state index contributed by atoms with van der Waals surface area (Å²) in [6.45, 7) is 3.55. The first-order chi connectivity index (χ1) is 10.2. The monoisotopic (exact) mass is 327 g/mol. The quantitative estimate of drug-likeness (QED) is 0.588. The SMILES string of the molecule is CCCNc1cccc(NCC2CSCCS2)c1[N+](=O)[O-]. The van der Waals surface area contributed by atoms with Crippen molar-refractivity contribution in [2.24, 2.45) is 0 Å². The van der Waals surface area contributed by atoms with E-state index in [1.165, 1.54) is 5.75 Å². The molecule has 1 aliphatic heterocycles. The summed E-state index contributed by atoms with van der Waals surface area (Å²) in [6, 6.07) is 5.41. The van der Waals surface area contributed by atoms with E-state index in [0.29, 0.717) is 16.6 Å². The van der Waals surface area contributed by atoms with Gasteiger partial charge in [-0.1, -0.05) is 13.0 Å². The van der Waals surface area contributed by atoms with Crippen LogP contribution in [0.15, 0.2) is 18.2 Å². The molecule has 0 amide bonds. The van der Waals surface area contributed by atoms with Crippen molar-refractivity contribution >= 4 is 40.6 Å². The van der Waals surface area contributed by atoms with Crippen molar-refractivity contribution in [1.29, 1.82) is 0 Å². The molecule has 2 rings (SSSR count). The van der Waals surface area contributed by atoms with Crippen LogP contribution in [0.5, 0.6) is 0 Å². The van der Waals surface area contributed by atoms with Crippen LogP contribution >= 0.6 is 23.5 Å². The molecule has 0 spiro atoms. The van der Waals surface area contributed by atoms with E-state index in [1.54, 1.807) is 12.1 Å². The van der Waals surface area contributed by atoms with Gasteiger partial charge in [0, 0.05) is 35.6 Å². The highest BCUT2D eigenvalue weighted by Gasteiger charge is 2.21. The molecule has 0 bridgehead atoms. The third kappa shape index (κ3) is 4.71. The van der Waals surface area contributed by atoms with Gasteiger partial charge < -0.3 is 10.6 Å². The molecule has 116 valence electrons. The first-order valence-electron chi connectivity index (χ1n) is 7.17. The molecule has 1 aromatic rings. The Balaban J connectivity index is 2.07. The first-order valence-corrected chi connectivity index (χ1v) is 9.37. The predicted molar refractivity (Wildman–Crippen MR) is 93.9 cm³/mol. The van der Waals surface area contributed by atoms with E-state index >= 15 is 0 Å². The van der Waals surface area contributed by atoms with Gasteiger partial charge in [0.2, 0.25) is 0 Å². The molecule has 0 radical (unpaired) electrons. The molecule has 7 heteroatoms. The Morgan fingerprint density at radius 3 is 2.71 bits per heavy atom. The van der Waals surface area contributed by atoms with Gasteiger partial charge in [-0.15, -0.1) is 0 Å². The van der Waals surface area contributed by atoms with Crippen molar-refractivity contribution in [2.75, 3.05) is 41.0 Å². The van der Waals surface area contributed by atoms with Crippen LogP contribution in [-0.2, 0) is 0 Å². The normalized spacial score (nSPS) is 18.2. The third-order valence-corrected chi connectivity index (χ3v) is 6.03. The number of anilines is 2. The molecule has 2 N–H and O–H groups in total. The van der Waals surface area contributed by atoms with Crippen molar-refractivity contribution in [3.8, 4) is 0 Å². The molecule has 1 fully saturated rings. The molecule has 1 unspecified atom stereocenters. The number of nitrogens with zero attached hydrogens (tertiary/aromatic N) is 1. The molecule has 5 nitrogen and oxygen atoms in total. The lowest BCUT2D eigenvalue weighted by molar-refractivity contribution is -0.383. The van der Waals surface area contributed by atoms with E-state index in [0.717, 1.165) is 31.0 Å². The number of rotatable bonds is 7. The molecule has 1 aliphatic rings. The topological polar surface area (TPSA) is 67.2 Å². The molecule has 1 saturated heterocycles. The lowest BCUT2D eigenvalue weighted by atomic mass is 10.2. The average molecular weight is 327 g/mol. The van der Waals surface area contributed by atoms with Crippen molar-refractivity contribution in [3.63, 3.8) is 0 Å². The number of nitrogens with one attached hydrogen (secondary N) is 2. The zero-order chi connectivity index (χ0) is 15.1. The van der Waals surface area contributed by atoms with Gasteiger partial charge >= 0.3 is 5.69 Å². The van der Waals surface area contributed by atoms with E-state index in [1.807, 2.05) is 36.5 Å². The first kappa shape index (κ1) is 16.3. The zero-order valence-corrected chi connectivity index (χ0v) is 13.8. The van der Waals surface area contributed by atoms with Crippen LogP contribution in [0.3, 0.4) is 0 Å². The van der Waals surface area contributed by atoms with Gasteiger partial charge in [0.1, 0.15) is 11.4 Å². The number of nitro groups is 1. The highest BCUT2D eigenvalue weighted by molar-refractivity contribution is 8.06. The largest absolute Gasteiger partial charge is 0.379 e. The Kier molecular flexibility index (Phi) is 6.50. The van der Waals surface area contributed by atoms with Crippen LogP contribution < -0.4 is 10.6 Å². The average Bonchev–Trinajstić information content (AvgIpc) is 2.51. The molecule has 0 aromatic heterocycles. The highest BCUT2D eigenvalue weighted by atomic mass is 32.2. The van der Waals surface area contributed by atoms with Gasteiger partial charge in [-0.2, -0.15) is 23.5 Å². The smallest absolute Gasteiger partial charge is 0.315 e. The highest BCUT2D eigenvalue weighted by Crippen LogP contribution is 2.33. The number of para-hydroxylation sites is 1. The summed E-state index contributed by atoms with van der Waals surface area (Å²) in [7, 11) is 0. The van der Waals surface area contributed by atoms with E-state index < -0.39 is 0 Å². The van der Waals surface area contributed by atoms with Crippen molar-refractivity contribution in [2.45, 2.75) is 18.6 Å². The number of benzene rings is 1. The fourth-order valence-corrected chi connectivity index (χ4v) is 4.78. The summed E-state index contributed by atoms with van der Waals surface area (Å²) >= 11 is 3.90. The Morgan fingerprint density at radius 1 is 1.33 bits per heavy atom. The minimum Gasteiger partial charge on any atom is -0.379 e. The Hall–Kier alpha value is -1.08. The molecule has 0 saturated carbocycles. The lowest BCUT2D eigenvalue weighted by Gasteiger charge is -2.21. The summed E-state index contributed by atoms with van der Waals surface area (Å²) in [5.74, 6) is 3.48. The van der Waals surface area contributed by atoms with Crippen molar-refractivity contribution in [3.05, 3.63) is 28.3 Å². The minimum atomic E-state index is -0.302. The van der Waals surface area contributed by atoms with Crippen molar-refractivity contribution in [1.82, 2.24) is 0 Å². The maximum Gasteiger partial charge on any atom is 0.315 e. The summed E-state index contributed by atoms with van der Waals surface area (Å²) in [5, 5.41) is 18.3. The molecule has 1 aromatic carbocycles. The van der Waals surface area contributed by atoms with Crippen LogP contribution in [0.4, 0.5) is 17.1 Å². The predicted octanol–water partition coefficient (Wildman–Crippen LogP) is 3.68. The van der Waals surface area contributed by atoms with E-state index in [-0.39, 0.29) is 10.6 Å². The summed E-state index contributed by atoms with van der Waals surface area (Å²) in [4.78, 5) is 11.1. The fourth-order valence-electron chi connectivity index (χ4n) is 2.16. The minimum absolute atomic E-state index is 0.152. The molecular formula is C14H21N3O2S2. The van der Waals surface area contributed by atoms with E-state index in [9.17, 15) is 10.1 Å². The summed E-state index contributed by atoms with van der Waals surface area (Å²) in [6.07, 6.45) is 0.935. The van der Waals surface area contributed by atoms with Crippen LogP contribution in [0.1, 0.15) is 13.3 Å². The van der Waals surface area contributed by atoms with Gasteiger partial charge in [0.05, 0.1) is 4.92 Å². The molecule has 1 heterocycles. The van der Waals surface area contributed by atoms with Gasteiger partial charge in [-0.25, -0.2) is 0 Å². The third-order valence-electron chi connectivity index (χ3n) is 3.19. The zero-order valence-electron chi connectivity index (χ0n) is 12.1. The van der Waals surface area contributed by atoms with Crippen molar-refractivity contribution < 1.29 is 4.92 Å². The van der Waals surface area contributed by atoms with Gasteiger partial charge in [-0.3, -0.25) is 10.1 Å². The van der Waals surface area contributed by atoms with Crippen LogP contribution in [0.25, 0.3) is 0 Å². The van der Waals surface area contributed by atoms with Crippen LogP contribution in [0, 0.1) is 10.1 Å². The summed E-state index contributed by atoms with van der Waals surface area (Å²) < 4.78 is 0. The maximum atomic E-state index is 11.4. The number of hydrogen-bond donors (Lipinski definition) is 2. The maximum absolute atomic E-state index is 11.4. The number of hydrogen-bond acceptors (Lipinski definition) is 6. The number of nitro benzene ring substituents is 1. The molecule has 21 heavy (non-hydrogen) atoms. The summed E-state index contributed by atoms with van der Waals surface area (Å²) in [5.41, 5.74) is 1.36. The standard InChI is InChI=1S/C14H21N3O2S2/c1-2-6-15-12-4-3-5-13(14(12)17(18)19)16-9-11-10-20-7-8-21-11/h3-5,11,15-16H,2,6-10H2,1H3. The molecular weight excluding hydrogens is 306 g/mol. The Labute approximate surface area is 133 Å². The second kappa shape index (κ2) is 8.38. The number of thioether (sulfide) groups is 2. The Bertz CT molecular complexity index is 479.